The van der Waals surface area contributed by atoms with Gasteiger partial charge in [0.1, 0.15) is 5.92 Å². The average molecular weight is 259 g/mol. The second kappa shape index (κ2) is 5.15. The van der Waals surface area contributed by atoms with E-state index in [1.54, 1.807) is 0 Å². The number of anilines is 1. The highest BCUT2D eigenvalue weighted by molar-refractivity contribution is 7.22. The van der Waals surface area contributed by atoms with Crippen molar-refractivity contribution in [1.82, 2.24) is 4.98 Å². The number of nitriles is 1. The Kier molecular flexibility index (Phi) is 3.58. The molecule has 0 aliphatic heterocycles. The van der Waals surface area contributed by atoms with Crippen LogP contribution in [-0.2, 0) is 4.79 Å². The van der Waals surface area contributed by atoms with Crippen molar-refractivity contribution in [2.45, 2.75) is 13.8 Å². The Hall–Kier alpha value is -1.93. The standard InChI is InChI=1S/C13H13N3OS/c1-8(2)9(7-14)12(17)16-13-15-10-5-3-4-6-11(10)18-13/h3-6,8-9H,1-2H3,(H,15,16,17)/t9-/m0/s1. The van der Waals surface area contributed by atoms with Crippen LogP contribution in [-0.4, -0.2) is 10.9 Å². The third-order valence-electron chi connectivity index (χ3n) is 2.61. The summed E-state index contributed by atoms with van der Waals surface area (Å²) >= 11 is 1.41. The van der Waals surface area contributed by atoms with Gasteiger partial charge in [-0.2, -0.15) is 5.26 Å². The van der Waals surface area contributed by atoms with E-state index >= 15 is 0 Å². The molecule has 0 fully saturated rings. The molecule has 2 rings (SSSR count). The van der Waals surface area contributed by atoms with Gasteiger partial charge in [-0.1, -0.05) is 37.3 Å². The summed E-state index contributed by atoms with van der Waals surface area (Å²) in [6.07, 6.45) is 0. The maximum absolute atomic E-state index is 11.9. The third kappa shape index (κ3) is 2.49. The monoisotopic (exact) mass is 259 g/mol. The van der Waals surface area contributed by atoms with Crippen LogP contribution in [0.2, 0.25) is 0 Å². The van der Waals surface area contributed by atoms with Crippen molar-refractivity contribution in [1.29, 1.82) is 5.26 Å². The molecule has 4 nitrogen and oxygen atoms in total. The molecular formula is C13H13N3OS. The molecular weight excluding hydrogens is 246 g/mol. The number of nitrogens with zero attached hydrogens (tertiary/aromatic N) is 2. The maximum atomic E-state index is 11.9. The number of para-hydroxylation sites is 1. The molecule has 0 aliphatic rings. The van der Waals surface area contributed by atoms with Crippen LogP contribution in [0.4, 0.5) is 5.13 Å². The fraction of sp³-hybridized carbons (Fsp3) is 0.308. The number of aromatic nitrogens is 1. The van der Waals surface area contributed by atoms with Crippen molar-refractivity contribution in [3.8, 4) is 6.07 Å². The predicted molar refractivity (Wildman–Crippen MR) is 72.2 cm³/mol. The number of benzene rings is 1. The van der Waals surface area contributed by atoms with E-state index in [0.717, 1.165) is 10.2 Å². The minimum absolute atomic E-state index is 0.00983. The van der Waals surface area contributed by atoms with Crippen LogP contribution in [0.1, 0.15) is 13.8 Å². The minimum atomic E-state index is -0.642. The van der Waals surface area contributed by atoms with Crippen LogP contribution in [0.5, 0.6) is 0 Å². The number of hydrogen-bond acceptors (Lipinski definition) is 4. The van der Waals surface area contributed by atoms with Crippen molar-refractivity contribution in [2.75, 3.05) is 5.32 Å². The Morgan fingerprint density at radius 2 is 2.17 bits per heavy atom. The Balaban J connectivity index is 2.19. The summed E-state index contributed by atoms with van der Waals surface area (Å²) in [5, 5.41) is 12.2. The molecule has 0 radical (unpaired) electrons. The number of rotatable bonds is 3. The van der Waals surface area contributed by atoms with Gasteiger partial charge in [-0.3, -0.25) is 4.79 Å². The second-order valence-corrected chi connectivity index (χ2v) is 5.36. The zero-order chi connectivity index (χ0) is 13.1. The molecule has 0 saturated heterocycles. The van der Waals surface area contributed by atoms with Crippen LogP contribution in [0.25, 0.3) is 10.2 Å². The maximum Gasteiger partial charge on any atom is 0.243 e. The van der Waals surface area contributed by atoms with Gasteiger partial charge in [-0.15, -0.1) is 0 Å². The number of hydrogen-bond donors (Lipinski definition) is 1. The van der Waals surface area contributed by atoms with Crippen molar-refractivity contribution < 1.29 is 4.79 Å². The van der Waals surface area contributed by atoms with Gasteiger partial charge in [0.05, 0.1) is 16.3 Å². The molecule has 1 heterocycles. The molecule has 0 saturated carbocycles. The van der Waals surface area contributed by atoms with Crippen LogP contribution in [0.15, 0.2) is 24.3 Å². The lowest BCUT2D eigenvalue weighted by molar-refractivity contribution is -0.119. The zero-order valence-corrected chi connectivity index (χ0v) is 11.0. The first-order valence-corrected chi connectivity index (χ1v) is 6.49. The van der Waals surface area contributed by atoms with Crippen LogP contribution < -0.4 is 5.32 Å². The molecule has 0 bridgehead atoms. The van der Waals surface area contributed by atoms with Gasteiger partial charge in [0.2, 0.25) is 5.91 Å². The summed E-state index contributed by atoms with van der Waals surface area (Å²) in [6.45, 7) is 3.71. The summed E-state index contributed by atoms with van der Waals surface area (Å²) in [4.78, 5) is 16.2. The van der Waals surface area contributed by atoms with E-state index in [1.807, 2.05) is 44.2 Å². The van der Waals surface area contributed by atoms with E-state index in [0.29, 0.717) is 5.13 Å². The van der Waals surface area contributed by atoms with Gasteiger partial charge < -0.3 is 5.32 Å². The fourth-order valence-corrected chi connectivity index (χ4v) is 2.49. The quantitative estimate of drug-likeness (QED) is 0.921. The topological polar surface area (TPSA) is 65.8 Å². The molecule has 2 aromatic rings. The lowest BCUT2D eigenvalue weighted by Crippen LogP contribution is -2.25. The second-order valence-electron chi connectivity index (χ2n) is 4.33. The Bertz CT molecular complexity index is 579. The Morgan fingerprint density at radius 3 is 2.78 bits per heavy atom. The van der Waals surface area contributed by atoms with Crippen molar-refractivity contribution >= 4 is 32.6 Å². The molecule has 92 valence electrons. The van der Waals surface area contributed by atoms with Crippen LogP contribution in [0, 0.1) is 23.2 Å². The highest BCUT2D eigenvalue weighted by Gasteiger charge is 2.22. The Labute approximate surface area is 109 Å². The van der Waals surface area contributed by atoms with Crippen LogP contribution in [0.3, 0.4) is 0 Å². The molecule has 0 unspecified atom stereocenters. The molecule has 18 heavy (non-hydrogen) atoms. The summed E-state index contributed by atoms with van der Waals surface area (Å²) in [7, 11) is 0. The molecule has 1 amide bonds. The summed E-state index contributed by atoms with van der Waals surface area (Å²) in [5.74, 6) is -0.937. The predicted octanol–water partition coefficient (Wildman–Crippen LogP) is 3.03. The van der Waals surface area contributed by atoms with E-state index in [1.165, 1.54) is 11.3 Å². The van der Waals surface area contributed by atoms with Gasteiger partial charge in [0, 0.05) is 0 Å². The Morgan fingerprint density at radius 1 is 1.44 bits per heavy atom. The van der Waals surface area contributed by atoms with E-state index in [4.69, 9.17) is 5.26 Å². The zero-order valence-electron chi connectivity index (χ0n) is 10.2. The van der Waals surface area contributed by atoms with E-state index in [2.05, 4.69) is 10.3 Å². The first kappa shape index (κ1) is 12.5. The molecule has 5 heteroatoms. The largest absolute Gasteiger partial charge is 0.301 e. The normalized spacial score (nSPS) is 12.3. The molecule has 0 spiro atoms. The van der Waals surface area contributed by atoms with Gasteiger partial charge in [-0.05, 0) is 18.1 Å². The highest BCUT2D eigenvalue weighted by Crippen LogP contribution is 2.26. The van der Waals surface area contributed by atoms with E-state index < -0.39 is 5.92 Å². The lowest BCUT2D eigenvalue weighted by atomic mass is 9.97. The van der Waals surface area contributed by atoms with Gasteiger partial charge in [0.25, 0.3) is 0 Å². The van der Waals surface area contributed by atoms with E-state index in [9.17, 15) is 4.79 Å². The van der Waals surface area contributed by atoms with Crippen molar-refractivity contribution in [3.05, 3.63) is 24.3 Å². The third-order valence-corrected chi connectivity index (χ3v) is 3.56. The number of fused-ring (bicyclic) bond motifs is 1. The number of thiazole rings is 1. The summed E-state index contributed by atoms with van der Waals surface area (Å²) in [5.41, 5.74) is 0.857. The first-order valence-electron chi connectivity index (χ1n) is 5.68. The first-order chi connectivity index (χ1) is 8.61. The van der Waals surface area contributed by atoms with Gasteiger partial charge in [0.15, 0.2) is 5.13 Å². The SMILES string of the molecule is CC(C)[C@H](C#N)C(=O)Nc1nc2ccccc2s1. The highest BCUT2D eigenvalue weighted by atomic mass is 32.1. The van der Waals surface area contributed by atoms with Gasteiger partial charge in [-0.25, -0.2) is 4.98 Å². The molecule has 0 aliphatic carbocycles. The number of amides is 1. The van der Waals surface area contributed by atoms with Crippen molar-refractivity contribution in [3.63, 3.8) is 0 Å². The van der Waals surface area contributed by atoms with Crippen LogP contribution >= 0.6 is 11.3 Å². The fourth-order valence-electron chi connectivity index (χ4n) is 1.62. The molecule has 1 aromatic heterocycles. The van der Waals surface area contributed by atoms with Crippen molar-refractivity contribution in [2.24, 2.45) is 11.8 Å². The minimum Gasteiger partial charge on any atom is -0.301 e. The van der Waals surface area contributed by atoms with E-state index in [-0.39, 0.29) is 11.8 Å². The van der Waals surface area contributed by atoms with Gasteiger partial charge >= 0.3 is 0 Å². The smallest absolute Gasteiger partial charge is 0.243 e. The molecule has 1 aromatic carbocycles. The number of carbonyl (C=O) groups is 1. The number of carbonyl (C=O) groups excluding carboxylic acids is 1. The lowest BCUT2D eigenvalue weighted by Gasteiger charge is -2.11. The number of nitrogens with one attached hydrogen (secondary N) is 1. The summed E-state index contributed by atoms with van der Waals surface area (Å²) < 4.78 is 1.02. The summed E-state index contributed by atoms with van der Waals surface area (Å²) in [6, 6.07) is 9.70. The molecule has 1 N–H and O–H groups in total. The molecule has 1 atom stereocenters. The average Bonchev–Trinajstić information content (AvgIpc) is 2.71.